The lowest BCUT2D eigenvalue weighted by Crippen LogP contribution is -2.49. The minimum absolute atomic E-state index is 0.115. The molecule has 2 bridgehead atoms. The summed E-state index contributed by atoms with van der Waals surface area (Å²) in [5, 5.41) is 17.8. The van der Waals surface area contributed by atoms with Crippen LogP contribution in [-0.2, 0) is 19.9 Å². The summed E-state index contributed by atoms with van der Waals surface area (Å²) in [6.07, 6.45) is 4.95. The monoisotopic (exact) mass is 423 g/mol. The molecule has 0 aromatic heterocycles. The molecule has 5 nitrogen and oxygen atoms in total. The number of carboxylic acid groups (broad SMARTS) is 1. The number of hydrogen-bond acceptors (Lipinski definition) is 5. The molecule has 0 unspecified atom stereocenters. The van der Waals surface area contributed by atoms with Gasteiger partial charge in [-0.2, -0.15) is 5.26 Å². The van der Waals surface area contributed by atoms with Crippen molar-refractivity contribution >= 4 is 17.7 Å². The zero-order valence-corrected chi connectivity index (χ0v) is 17.6. The normalized spacial score (nSPS) is 25.0. The second kappa shape index (κ2) is 8.81. The maximum Gasteiger partial charge on any atom is 0.329 e. The van der Waals surface area contributed by atoms with E-state index in [4.69, 9.17) is 19.8 Å². The van der Waals surface area contributed by atoms with Gasteiger partial charge in [-0.3, -0.25) is 0 Å². The Morgan fingerprint density at radius 1 is 1.13 bits per heavy atom. The number of hydrogen-bond donors (Lipinski definition) is 1. The molecule has 1 N–H and O–H groups in total. The summed E-state index contributed by atoms with van der Waals surface area (Å²) >= 11 is 1.66. The number of ether oxygens (including phenoxy) is 2. The zero-order valence-electron chi connectivity index (χ0n) is 16.8. The molecular weight excluding hydrogens is 398 g/mol. The number of carboxylic acids is 1. The van der Waals surface area contributed by atoms with Gasteiger partial charge >= 0.3 is 5.97 Å². The summed E-state index contributed by atoms with van der Waals surface area (Å²) in [7, 11) is 0. The Kier molecular flexibility index (Phi) is 6.14. The summed E-state index contributed by atoms with van der Waals surface area (Å²) < 4.78 is 11.7. The van der Waals surface area contributed by atoms with Gasteiger partial charge in [-0.1, -0.05) is 30.0 Å². The first-order valence-electron chi connectivity index (χ1n) is 10.2. The molecule has 1 saturated carbocycles. The maximum absolute atomic E-state index is 10.6. The molecule has 1 aliphatic carbocycles. The van der Waals surface area contributed by atoms with E-state index in [-0.39, 0.29) is 17.6 Å². The van der Waals surface area contributed by atoms with Gasteiger partial charge in [0.15, 0.2) is 0 Å². The molecule has 2 aromatic carbocycles. The van der Waals surface area contributed by atoms with E-state index in [1.165, 1.54) is 5.56 Å². The molecule has 6 heteroatoms. The average molecular weight is 424 g/mol. The summed E-state index contributed by atoms with van der Waals surface area (Å²) in [5.41, 5.74) is 1.78. The van der Waals surface area contributed by atoms with E-state index >= 15 is 0 Å². The molecule has 0 radical (unpaired) electrons. The lowest BCUT2D eigenvalue weighted by molar-refractivity contribution is -0.194. The van der Waals surface area contributed by atoms with Crippen LogP contribution in [0.4, 0.5) is 0 Å². The van der Waals surface area contributed by atoms with Crippen molar-refractivity contribution in [3.05, 3.63) is 59.7 Å². The lowest BCUT2D eigenvalue weighted by Gasteiger charge is -2.53. The van der Waals surface area contributed by atoms with Gasteiger partial charge in [0.2, 0.25) is 0 Å². The SMILES string of the molecule is N#Cc1cccc(Sc2cccc(C34CCC(CCOCC(=O)O)(CC3)CO4)c2)c1. The van der Waals surface area contributed by atoms with Gasteiger partial charge in [-0.05, 0) is 73.4 Å². The molecule has 3 fully saturated rings. The molecule has 0 atom stereocenters. The lowest BCUT2D eigenvalue weighted by atomic mass is 9.63. The first-order valence-corrected chi connectivity index (χ1v) is 11.1. The van der Waals surface area contributed by atoms with Crippen molar-refractivity contribution in [2.45, 2.75) is 47.5 Å². The largest absolute Gasteiger partial charge is 0.480 e. The highest BCUT2D eigenvalue weighted by atomic mass is 32.2. The number of benzene rings is 2. The predicted molar refractivity (Wildman–Crippen MR) is 113 cm³/mol. The molecule has 156 valence electrons. The molecule has 2 aliphatic heterocycles. The third-order valence-electron chi connectivity index (χ3n) is 6.33. The molecule has 30 heavy (non-hydrogen) atoms. The number of rotatable bonds is 8. The minimum atomic E-state index is -0.924. The Bertz CT molecular complexity index is 943. The molecule has 3 aliphatic rings. The molecule has 2 heterocycles. The summed E-state index contributed by atoms with van der Waals surface area (Å²) in [6.45, 7) is 0.935. The van der Waals surface area contributed by atoms with Crippen molar-refractivity contribution in [3.8, 4) is 6.07 Å². The van der Waals surface area contributed by atoms with Gasteiger partial charge in [-0.15, -0.1) is 0 Å². The van der Waals surface area contributed by atoms with Crippen molar-refractivity contribution in [1.29, 1.82) is 5.26 Å². The van der Waals surface area contributed by atoms with E-state index < -0.39 is 5.97 Å². The third kappa shape index (κ3) is 4.54. The Morgan fingerprint density at radius 3 is 2.53 bits per heavy atom. The minimum Gasteiger partial charge on any atom is -0.480 e. The number of nitriles is 1. The van der Waals surface area contributed by atoms with Crippen LogP contribution in [0.15, 0.2) is 58.3 Å². The van der Waals surface area contributed by atoms with Crippen LogP contribution in [-0.4, -0.2) is 30.9 Å². The summed E-state index contributed by atoms with van der Waals surface area (Å²) in [5.74, 6) is -0.924. The fourth-order valence-electron chi connectivity index (χ4n) is 4.51. The second-order valence-electron chi connectivity index (χ2n) is 8.25. The van der Waals surface area contributed by atoms with E-state index in [2.05, 4.69) is 30.3 Å². The fourth-order valence-corrected chi connectivity index (χ4v) is 5.45. The summed E-state index contributed by atoms with van der Waals surface area (Å²) in [4.78, 5) is 12.8. The summed E-state index contributed by atoms with van der Waals surface area (Å²) in [6, 6.07) is 18.4. The fraction of sp³-hybridized carbons (Fsp3) is 0.417. The standard InChI is InChI=1S/C24H25NO4S/c25-15-18-3-1-5-20(13-18)30-21-6-2-4-19(14-21)24-9-7-23(8-10-24,17-29-24)11-12-28-16-22(26)27/h1-6,13-14H,7-12,16-17H2,(H,26,27). The van der Waals surface area contributed by atoms with Crippen LogP contribution in [0.1, 0.15) is 43.2 Å². The van der Waals surface area contributed by atoms with Crippen molar-refractivity contribution in [2.24, 2.45) is 5.41 Å². The van der Waals surface area contributed by atoms with Gasteiger partial charge in [0, 0.05) is 16.4 Å². The van der Waals surface area contributed by atoms with E-state index in [9.17, 15) is 4.79 Å². The zero-order chi connectivity index (χ0) is 21.0. The van der Waals surface area contributed by atoms with Crippen molar-refractivity contribution in [2.75, 3.05) is 19.8 Å². The smallest absolute Gasteiger partial charge is 0.329 e. The maximum atomic E-state index is 10.6. The van der Waals surface area contributed by atoms with Crippen molar-refractivity contribution in [1.82, 2.24) is 0 Å². The second-order valence-corrected chi connectivity index (χ2v) is 9.40. The molecule has 5 rings (SSSR count). The first-order chi connectivity index (χ1) is 14.5. The number of nitrogens with zero attached hydrogens (tertiary/aromatic N) is 1. The first kappa shape index (κ1) is 20.9. The van der Waals surface area contributed by atoms with Crippen molar-refractivity contribution in [3.63, 3.8) is 0 Å². The molecular formula is C24H25NO4S. The topological polar surface area (TPSA) is 79.5 Å². The van der Waals surface area contributed by atoms with Gasteiger partial charge in [0.1, 0.15) is 6.61 Å². The Labute approximate surface area is 181 Å². The van der Waals surface area contributed by atoms with Crippen LogP contribution in [0.3, 0.4) is 0 Å². The highest BCUT2D eigenvalue weighted by Crippen LogP contribution is 2.55. The Balaban J connectivity index is 1.41. The van der Waals surface area contributed by atoms with E-state index in [0.29, 0.717) is 18.8 Å². The van der Waals surface area contributed by atoms with Crippen LogP contribution < -0.4 is 0 Å². The van der Waals surface area contributed by atoms with Gasteiger partial charge < -0.3 is 14.6 Å². The Hall–Kier alpha value is -2.33. The van der Waals surface area contributed by atoms with Crippen LogP contribution in [0.25, 0.3) is 0 Å². The average Bonchev–Trinajstić information content (AvgIpc) is 2.78. The van der Waals surface area contributed by atoms with Gasteiger partial charge in [-0.25, -0.2) is 4.79 Å². The third-order valence-corrected chi connectivity index (χ3v) is 7.31. The highest BCUT2D eigenvalue weighted by molar-refractivity contribution is 7.99. The number of fused-ring (bicyclic) bond motifs is 3. The van der Waals surface area contributed by atoms with E-state index in [1.807, 2.05) is 24.3 Å². The van der Waals surface area contributed by atoms with E-state index in [1.54, 1.807) is 11.8 Å². The van der Waals surface area contributed by atoms with Crippen LogP contribution in [0.2, 0.25) is 0 Å². The highest BCUT2D eigenvalue weighted by Gasteiger charge is 2.50. The van der Waals surface area contributed by atoms with E-state index in [0.717, 1.165) is 41.9 Å². The quantitative estimate of drug-likeness (QED) is 0.603. The van der Waals surface area contributed by atoms with Crippen LogP contribution in [0, 0.1) is 16.7 Å². The number of aliphatic carboxylic acids is 1. The van der Waals surface area contributed by atoms with Crippen LogP contribution >= 0.6 is 11.8 Å². The predicted octanol–water partition coefficient (Wildman–Crippen LogP) is 4.99. The Morgan fingerprint density at radius 2 is 1.87 bits per heavy atom. The van der Waals surface area contributed by atoms with Crippen molar-refractivity contribution < 1.29 is 19.4 Å². The molecule has 2 saturated heterocycles. The van der Waals surface area contributed by atoms with Gasteiger partial charge in [0.25, 0.3) is 0 Å². The molecule has 2 aromatic rings. The molecule has 0 amide bonds. The van der Waals surface area contributed by atoms with Crippen LogP contribution in [0.5, 0.6) is 0 Å². The van der Waals surface area contributed by atoms with Gasteiger partial charge in [0.05, 0.1) is 23.8 Å². The number of carbonyl (C=O) groups is 1. The molecule has 0 spiro atoms.